The van der Waals surface area contributed by atoms with Crippen LogP contribution in [0.1, 0.15) is 28.3 Å². The fourth-order valence-corrected chi connectivity index (χ4v) is 3.50. The first-order chi connectivity index (χ1) is 12.1. The number of piperidine rings is 1. The first-order valence-corrected chi connectivity index (χ1v) is 8.34. The standard InChI is InChI=1S/C19H20N2O4/c20-14-3-1-2-13(8-14)19(23)21-7-6-15(16(22)10-21)12-4-5-17-18(9-12)25-11-24-17/h1-5,8-9,15-16,22H,6-7,10-11,20H2/t15-,16+/m0/s1. The van der Waals surface area contributed by atoms with Crippen molar-refractivity contribution in [2.75, 3.05) is 25.6 Å². The summed E-state index contributed by atoms with van der Waals surface area (Å²) in [7, 11) is 0. The van der Waals surface area contributed by atoms with Gasteiger partial charge in [-0.3, -0.25) is 4.79 Å². The molecule has 6 nitrogen and oxygen atoms in total. The number of nitrogen functional groups attached to an aromatic ring is 1. The maximum Gasteiger partial charge on any atom is 0.254 e. The Morgan fingerprint density at radius 1 is 1.16 bits per heavy atom. The third kappa shape index (κ3) is 3.00. The molecule has 1 saturated heterocycles. The Balaban J connectivity index is 1.48. The fraction of sp³-hybridized carbons (Fsp3) is 0.316. The molecule has 2 aromatic rings. The van der Waals surface area contributed by atoms with Gasteiger partial charge in [0.05, 0.1) is 6.10 Å². The summed E-state index contributed by atoms with van der Waals surface area (Å²) in [6, 6.07) is 12.7. The molecule has 2 atom stereocenters. The van der Waals surface area contributed by atoms with Crippen molar-refractivity contribution in [2.24, 2.45) is 0 Å². The number of fused-ring (bicyclic) bond motifs is 1. The second kappa shape index (κ2) is 6.29. The lowest BCUT2D eigenvalue weighted by Gasteiger charge is -2.36. The Morgan fingerprint density at radius 3 is 2.80 bits per heavy atom. The number of amides is 1. The van der Waals surface area contributed by atoms with E-state index in [1.807, 2.05) is 18.2 Å². The van der Waals surface area contributed by atoms with Gasteiger partial charge in [0.2, 0.25) is 6.79 Å². The number of nitrogens with two attached hydrogens (primary N) is 1. The number of carbonyl (C=O) groups excluding carboxylic acids is 1. The lowest BCUT2D eigenvalue weighted by molar-refractivity contribution is 0.0382. The van der Waals surface area contributed by atoms with Gasteiger partial charge in [0, 0.05) is 30.3 Å². The first-order valence-electron chi connectivity index (χ1n) is 8.34. The quantitative estimate of drug-likeness (QED) is 0.817. The maximum atomic E-state index is 12.6. The monoisotopic (exact) mass is 340 g/mol. The number of nitrogens with zero attached hydrogens (tertiary/aromatic N) is 1. The van der Waals surface area contributed by atoms with Crippen molar-refractivity contribution >= 4 is 11.6 Å². The highest BCUT2D eigenvalue weighted by Gasteiger charge is 2.32. The molecule has 2 heterocycles. The van der Waals surface area contributed by atoms with Crippen molar-refractivity contribution in [3.05, 3.63) is 53.6 Å². The van der Waals surface area contributed by atoms with Gasteiger partial charge in [0.25, 0.3) is 5.91 Å². The second-order valence-corrected chi connectivity index (χ2v) is 6.45. The predicted octanol–water partition coefficient (Wildman–Crippen LogP) is 1.99. The van der Waals surface area contributed by atoms with Crippen LogP contribution in [-0.2, 0) is 0 Å². The highest BCUT2D eigenvalue weighted by atomic mass is 16.7. The summed E-state index contributed by atoms with van der Waals surface area (Å²) >= 11 is 0. The zero-order valence-corrected chi connectivity index (χ0v) is 13.7. The maximum absolute atomic E-state index is 12.6. The fourth-order valence-electron chi connectivity index (χ4n) is 3.50. The van der Waals surface area contributed by atoms with Crippen molar-refractivity contribution in [1.29, 1.82) is 0 Å². The van der Waals surface area contributed by atoms with E-state index < -0.39 is 6.10 Å². The number of hydrogen-bond acceptors (Lipinski definition) is 5. The van der Waals surface area contributed by atoms with Crippen LogP contribution in [0.15, 0.2) is 42.5 Å². The molecule has 0 aromatic heterocycles. The summed E-state index contributed by atoms with van der Waals surface area (Å²) in [5, 5.41) is 10.6. The number of aliphatic hydroxyl groups excluding tert-OH is 1. The zero-order chi connectivity index (χ0) is 17.4. The molecular formula is C19H20N2O4. The molecule has 3 N–H and O–H groups in total. The van der Waals surface area contributed by atoms with E-state index in [4.69, 9.17) is 15.2 Å². The van der Waals surface area contributed by atoms with Crippen LogP contribution < -0.4 is 15.2 Å². The molecule has 1 fully saturated rings. The smallest absolute Gasteiger partial charge is 0.254 e. The van der Waals surface area contributed by atoms with E-state index in [0.29, 0.717) is 36.5 Å². The van der Waals surface area contributed by atoms with Crippen molar-refractivity contribution in [2.45, 2.75) is 18.4 Å². The molecule has 0 radical (unpaired) electrons. The molecule has 25 heavy (non-hydrogen) atoms. The van der Waals surface area contributed by atoms with Crippen LogP contribution in [-0.4, -0.2) is 41.9 Å². The largest absolute Gasteiger partial charge is 0.454 e. The normalized spacial score (nSPS) is 22.0. The highest BCUT2D eigenvalue weighted by Crippen LogP contribution is 2.37. The molecular weight excluding hydrogens is 320 g/mol. The van der Waals surface area contributed by atoms with Crippen LogP contribution in [0.4, 0.5) is 5.69 Å². The van der Waals surface area contributed by atoms with Crippen molar-refractivity contribution in [3.63, 3.8) is 0 Å². The molecule has 0 aliphatic carbocycles. The average Bonchev–Trinajstić information content (AvgIpc) is 3.08. The minimum atomic E-state index is -0.626. The molecule has 0 unspecified atom stereocenters. The number of hydrogen-bond donors (Lipinski definition) is 2. The van der Waals surface area contributed by atoms with Gasteiger partial charge in [-0.15, -0.1) is 0 Å². The molecule has 0 spiro atoms. The van der Waals surface area contributed by atoms with E-state index in [0.717, 1.165) is 11.3 Å². The van der Waals surface area contributed by atoms with Crippen LogP contribution in [0.3, 0.4) is 0 Å². The number of rotatable bonds is 2. The minimum absolute atomic E-state index is 0.0283. The van der Waals surface area contributed by atoms with E-state index in [1.165, 1.54) is 0 Å². The van der Waals surface area contributed by atoms with Gasteiger partial charge in [-0.05, 0) is 42.3 Å². The number of aliphatic hydroxyl groups is 1. The van der Waals surface area contributed by atoms with Crippen molar-refractivity contribution < 1.29 is 19.4 Å². The van der Waals surface area contributed by atoms with Crippen LogP contribution in [0.2, 0.25) is 0 Å². The third-order valence-corrected chi connectivity index (χ3v) is 4.83. The SMILES string of the molecule is Nc1cccc(C(=O)N2CC[C@@H](c3ccc4c(c3)OCO4)[C@H](O)C2)c1. The van der Waals surface area contributed by atoms with Gasteiger partial charge < -0.3 is 25.2 Å². The van der Waals surface area contributed by atoms with E-state index >= 15 is 0 Å². The summed E-state index contributed by atoms with van der Waals surface area (Å²) in [5.74, 6) is 1.31. The van der Waals surface area contributed by atoms with Gasteiger partial charge in [0.15, 0.2) is 11.5 Å². The summed E-state index contributed by atoms with van der Waals surface area (Å²) in [6.07, 6.45) is 0.0635. The van der Waals surface area contributed by atoms with E-state index in [-0.39, 0.29) is 18.6 Å². The highest BCUT2D eigenvalue weighted by molar-refractivity contribution is 5.95. The molecule has 0 bridgehead atoms. The number of benzene rings is 2. The van der Waals surface area contributed by atoms with E-state index in [1.54, 1.807) is 29.2 Å². The number of anilines is 1. The molecule has 2 aliphatic heterocycles. The Labute approximate surface area is 145 Å². The molecule has 2 aliphatic rings. The van der Waals surface area contributed by atoms with Crippen LogP contribution in [0, 0.1) is 0 Å². The lowest BCUT2D eigenvalue weighted by atomic mass is 9.86. The number of β-amino-alcohol motifs (C(OH)–C–C–N with tert-alkyl or cyclic N) is 1. The van der Waals surface area contributed by atoms with Gasteiger partial charge in [0.1, 0.15) is 0 Å². The molecule has 4 rings (SSSR count). The molecule has 1 amide bonds. The van der Waals surface area contributed by atoms with Crippen LogP contribution >= 0.6 is 0 Å². The molecule has 2 aromatic carbocycles. The Bertz CT molecular complexity index is 808. The van der Waals surface area contributed by atoms with Crippen molar-refractivity contribution in [1.82, 2.24) is 4.90 Å². The Hall–Kier alpha value is -2.73. The summed E-state index contributed by atoms with van der Waals surface area (Å²) in [5.41, 5.74) is 7.87. The summed E-state index contributed by atoms with van der Waals surface area (Å²) < 4.78 is 10.7. The van der Waals surface area contributed by atoms with Gasteiger partial charge >= 0.3 is 0 Å². The van der Waals surface area contributed by atoms with E-state index in [2.05, 4.69) is 0 Å². The molecule has 0 saturated carbocycles. The Kier molecular flexibility index (Phi) is 3.97. The van der Waals surface area contributed by atoms with Crippen LogP contribution in [0.25, 0.3) is 0 Å². The lowest BCUT2D eigenvalue weighted by Crippen LogP contribution is -2.45. The number of likely N-dealkylation sites (tertiary alicyclic amines) is 1. The van der Waals surface area contributed by atoms with Crippen molar-refractivity contribution in [3.8, 4) is 11.5 Å². The predicted molar refractivity (Wildman–Crippen MR) is 92.7 cm³/mol. The molecule has 130 valence electrons. The summed E-state index contributed by atoms with van der Waals surface area (Å²) in [4.78, 5) is 14.3. The second-order valence-electron chi connectivity index (χ2n) is 6.45. The van der Waals surface area contributed by atoms with Gasteiger partial charge in [-0.1, -0.05) is 12.1 Å². The first kappa shape index (κ1) is 15.8. The van der Waals surface area contributed by atoms with Gasteiger partial charge in [-0.2, -0.15) is 0 Å². The topological polar surface area (TPSA) is 85.0 Å². The number of carbonyl (C=O) groups is 1. The van der Waals surface area contributed by atoms with Gasteiger partial charge in [-0.25, -0.2) is 0 Å². The third-order valence-electron chi connectivity index (χ3n) is 4.83. The zero-order valence-electron chi connectivity index (χ0n) is 13.7. The average molecular weight is 340 g/mol. The Morgan fingerprint density at radius 2 is 2.00 bits per heavy atom. The minimum Gasteiger partial charge on any atom is -0.454 e. The van der Waals surface area contributed by atoms with Crippen LogP contribution in [0.5, 0.6) is 11.5 Å². The summed E-state index contributed by atoms with van der Waals surface area (Å²) in [6.45, 7) is 1.12. The number of ether oxygens (including phenoxy) is 2. The molecule has 6 heteroatoms. The van der Waals surface area contributed by atoms with E-state index in [9.17, 15) is 9.90 Å².